The van der Waals surface area contributed by atoms with Crippen LogP contribution in [-0.4, -0.2) is 46.2 Å². The maximum absolute atomic E-state index is 13.7. The Morgan fingerprint density at radius 3 is 2.59 bits per heavy atom. The number of benzene rings is 2. The molecule has 0 unspecified atom stereocenters. The lowest BCUT2D eigenvalue weighted by molar-refractivity contribution is 0.0942. The van der Waals surface area contributed by atoms with E-state index in [1.807, 2.05) is 67.5 Å². The van der Waals surface area contributed by atoms with Crippen LogP contribution in [0.3, 0.4) is 0 Å². The van der Waals surface area contributed by atoms with Gasteiger partial charge in [-0.25, -0.2) is 9.07 Å². The normalized spacial score (nSPS) is 12.0. The molecule has 1 atom stereocenters. The first-order valence-electron chi connectivity index (χ1n) is 10.3. The van der Waals surface area contributed by atoms with Crippen molar-refractivity contribution in [2.45, 2.75) is 6.04 Å². The highest BCUT2D eigenvalue weighted by atomic mass is 19.1. The molecule has 2 aromatic heterocycles. The Kier molecular flexibility index (Phi) is 6.37. The van der Waals surface area contributed by atoms with Crippen molar-refractivity contribution in [3.05, 3.63) is 102 Å². The van der Waals surface area contributed by atoms with Crippen LogP contribution in [0.25, 0.3) is 16.9 Å². The van der Waals surface area contributed by atoms with E-state index >= 15 is 0 Å². The molecular formula is C25H24FN5O. The zero-order chi connectivity index (χ0) is 22.5. The smallest absolute Gasteiger partial charge is 0.255 e. The van der Waals surface area contributed by atoms with Crippen molar-refractivity contribution < 1.29 is 9.18 Å². The molecule has 1 amide bonds. The second kappa shape index (κ2) is 9.53. The molecule has 162 valence electrons. The van der Waals surface area contributed by atoms with Crippen LogP contribution in [0.15, 0.2) is 85.3 Å². The van der Waals surface area contributed by atoms with E-state index in [0.717, 1.165) is 16.8 Å². The number of hydrogen-bond acceptors (Lipinski definition) is 4. The lowest BCUT2D eigenvalue weighted by Crippen LogP contribution is -2.34. The van der Waals surface area contributed by atoms with Crippen molar-refractivity contribution in [3.63, 3.8) is 0 Å². The topological polar surface area (TPSA) is 63.1 Å². The number of nitrogens with zero attached hydrogens (tertiary/aromatic N) is 4. The molecule has 0 aliphatic heterocycles. The molecule has 6 nitrogen and oxygen atoms in total. The standard InChI is InChI=1S/C25H24FN5O/c1-30(2)23(18-8-6-10-20(26)14-18)16-28-25(32)22-17-31(21-11-4-3-5-12-21)29-24(22)19-9-7-13-27-15-19/h3-15,17,23H,16H2,1-2H3,(H,28,32)/t23-/m1/s1. The summed E-state index contributed by atoms with van der Waals surface area (Å²) in [6, 6.07) is 19.5. The maximum Gasteiger partial charge on any atom is 0.255 e. The molecular weight excluding hydrogens is 405 g/mol. The van der Waals surface area contributed by atoms with Gasteiger partial charge in [0, 0.05) is 30.7 Å². The summed E-state index contributed by atoms with van der Waals surface area (Å²) in [4.78, 5) is 19.3. The summed E-state index contributed by atoms with van der Waals surface area (Å²) in [5, 5.41) is 7.66. The fourth-order valence-electron chi connectivity index (χ4n) is 3.57. The first-order chi connectivity index (χ1) is 15.5. The van der Waals surface area contributed by atoms with Crippen LogP contribution < -0.4 is 5.32 Å². The monoisotopic (exact) mass is 429 g/mol. The number of carbonyl (C=O) groups is 1. The van der Waals surface area contributed by atoms with Gasteiger partial charge in [0.2, 0.25) is 0 Å². The molecule has 0 radical (unpaired) electrons. The number of para-hydroxylation sites is 1. The number of hydrogen-bond donors (Lipinski definition) is 1. The number of rotatable bonds is 7. The summed E-state index contributed by atoms with van der Waals surface area (Å²) in [7, 11) is 3.80. The van der Waals surface area contributed by atoms with Crippen molar-refractivity contribution in [3.8, 4) is 16.9 Å². The fourth-order valence-corrected chi connectivity index (χ4v) is 3.57. The summed E-state index contributed by atoms with van der Waals surface area (Å²) in [5.74, 6) is -0.557. The van der Waals surface area contributed by atoms with E-state index in [4.69, 9.17) is 0 Å². The van der Waals surface area contributed by atoms with Gasteiger partial charge in [0.15, 0.2) is 0 Å². The van der Waals surface area contributed by atoms with Gasteiger partial charge < -0.3 is 10.2 Å². The third kappa shape index (κ3) is 4.73. The second-order valence-electron chi connectivity index (χ2n) is 7.66. The molecule has 0 saturated heterocycles. The van der Waals surface area contributed by atoms with Crippen LogP contribution in [0.1, 0.15) is 22.0 Å². The number of amides is 1. The van der Waals surface area contributed by atoms with E-state index in [1.54, 1.807) is 29.3 Å². The number of aromatic nitrogens is 3. The lowest BCUT2D eigenvalue weighted by atomic mass is 10.1. The number of carbonyl (C=O) groups excluding carboxylic acids is 1. The van der Waals surface area contributed by atoms with Gasteiger partial charge in [-0.2, -0.15) is 5.10 Å². The Hall–Kier alpha value is -3.84. The molecule has 4 aromatic rings. The summed E-state index contributed by atoms with van der Waals surface area (Å²) in [6.45, 7) is 0.318. The molecule has 0 spiro atoms. The predicted octanol–water partition coefficient (Wildman–Crippen LogP) is 4.11. The van der Waals surface area contributed by atoms with Gasteiger partial charge in [0.25, 0.3) is 5.91 Å². The van der Waals surface area contributed by atoms with Gasteiger partial charge in [-0.1, -0.05) is 30.3 Å². The molecule has 0 aliphatic carbocycles. The highest BCUT2D eigenvalue weighted by Crippen LogP contribution is 2.24. The SMILES string of the molecule is CN(C)[C@H](CNC(=O)c1cn(-c2ccccc2)nc1-c1cccnc1)c1cccc(F)c1. The second-order valence-corrected chi connectivity index (χ2v) is 7.66. The average molecular weight is 429 g/mol. The van der Waals surface area contributed by atoms with E-state index in [1.165, 1.54) is 12.1 Å². The summed E-state index contributed by atoms with van der Waals surface area (Å²) in [6.07, 6.45) is 5.09. The quantitative estimate of drug-likeness (QED) is 0.480. The van der Waals surface area contributed by atoms with Gasteiger partial charge in [0.1, 0.15) is 11.5 Å². The third-order valence-electron chi connectivity index (χ3n) is 5.23. The molecule has 0 aliphatic rings. The van der Waals surface area contributed by atoms with Crippen LogP contribution in [0.5, 0.6) is 0 Å². The maximum atomic E-state index is 13.7. The summed E-state index contributed by atoms with van der Waals surface area (Å²) >= 11 is 0. The number of nitrogens with one attached hydrogen (secondary N) is 1. The van der Waals surface area contributed by atoms with E-state index in [9.17, 15) is 9.18 Å². The van der Waals surface area contributed by atoms with Crippen molar-refractivity contribution in [2.75, 3.05) is 20.6 Å². The van der Waals surface area contributed by atoms with Crippen LogP contribution in [-0.2, 0) is 0 Å². The van der Waals surface area contributed by atoms with Gasteiger partial charge in [0.05, 0.1) is 17.3 Å². The molecule has 0 bridgehead atoms. The van der Waals surface area contributed by atoms with Gasteiger partial charge in [-0.3, -0.25) is 9.78 Å². The lowest BCUT2D eigenvalue weighted by Gasteiger charge is -2.25. The zero-order valence-corrected chi connectivity index (χ0v) is 17.9. The van der Waals surface area contributed by atoms with Gasteiger partial charge >= 0.3 is 0 Å². The van der Waals surface area contributed by atoms with Crippen LogP contribution in [0, 0.1) is 5.82 Å². The first-order valence-corrected chi connectivity index (χ1v) is 10.3. The van der Waals surface area contributed by atoms with E-state index in [2.05, 4.69) is 15.4 Å². The predicted molar refractivity (Wildman–Crippen MR) is 122 cm³/mol. The van der Waals surface area contributed by atoms with Crippen molar-refractivity contribution in [2.24, 2.45) is 0 Å². The average Bonchev–Trinajstić information content (AvgIpc) is 3.26. The minimum absolute atomic E-state index is 0.180. The minimum atomic E-state index is -0.302. The number of pyridine rings is 1. The van der Waals surface area contributed by atoms with Gasteiger partial charge in [-0.05, 0) is 56.1 Å². The van der Waals surface area contributed by atoms with Crippen molar-refractivity contribution in [1.82, 2.24) is 25.0 Å². The molecule has 4 rings (SSSR count). The van der Waals surface area contributed by atoms with Crippen LogP contribution in [0.4, 0.5) is 4.39 Å². The Bertz CT molecular complexity index is 1190. The van der Waals surface area contributed by atoms with Crippen molar-refractivity contribution >= 4 is 5.91 Å². The van der Waals surface area contributed by atoms with Crippen LogP contribution in [0.2, 0.25) is 0 Å². The summed E-state index contributed by atoms with van der Waals surface area (Å²) < 4.78 is 15.4. The molecule has 1 N–H and O–H groups in total. The Balaban J connectivity index is 1.63. The van der Waals surface area contributed by atoms with Gasteiger partial charge in [-0.15, -0.1) is 0 Å². The number of halogens is 1. The molecule has 32 heavy (non-hydrogen) atoms. The number of likely N-dealkylation sites (N-methyl/N-ethyl adjacent to an activating group) is 1. The Labute approximate surface area is 186 Å². The molecule has 2 aromatic carbocycles. The highest BCUT2D eigenvalue weighted by molar-refractivity contribution is 5.99. The third-order valence-corrected chi connectivity index (χ3v) is 5.23. The van der Waals surface area contributed by atoms with Crippen molar-refractivity contribution in [1.29, 1.82) is 0 Å². The first kappa shape index (κ1) is 21.4. The van der Waals surface area contributed by atoms with Crippen LogP contribution >= 0.6 is 0 Å². The van der Waals surface area contributed by atoms with E-state index in [0.29, 0.717) is 17.8 Å². The highest BCUT2D eigenvalue weighted by Gasteiger charge is 2.21. The largest absolute Gasteiger partial charge is 0.350 e. The zero-order valence-electron chi connectivity index (χ0n) is 17.9. The van der Waals surface area contributed by atoms with E-state index < -0.39 is 0 Å². The van der Waals surface area contributed by atoms with E-state index in [-0.39, 0.29) is 17.8 Å². The molecule has 7 heteroatoms. The molecule has 2 heterocycles. The molecule has 0 saturated carbocycles. The summed E-state index contributed by atoms with van der Waals surface area (Å²) in [5.41, 5.74) is 3.39. The molecule has 0 fully saturated rings. The Morgan fingerprint density at radius 1 is 1.09 bits per heavy atom. The fraction of sp³-hybridized carbons (Fsp3) is 0.160. The minimum Gasteiger partial charge on any atom is -0.350 e. The Morgan fingerprint density at radius 2 is 1.91 bits per heavy atom.